The Kier molecular flexibility index (Phi) is 11.5. The number of amides is 2. The molecule has 0 spiro atoms. The quantitative estimate of drug-likeness (QED) is 0.201. The van der Waals surface area contributed by atoms with Crippen LogP contribution in [0.1, 0.15) is 41.8 Å². The molecule has 0 saturated heterocycles. The van der Waals surface area contributed by atoms with Gasteiger partial charge in [0.15, 0.2) is 6.61 Å². The fourth-order valence-electron chi connectivity index (χ4n) is 4.83. The third-order valence-electron chi connectivity index (χ3n) is 7.28. The summed E-state index contributed by atoms with van der Waals surface area (Å²) in [5.41, 5.74) is 1.77. The van der Waals surface area contributed by atoms with Crippen LogP contribution >= 0.6 is 11.6 Å². The third-order valence-corrected chi connectivity index (χ3v) is 7.57. The minimum atomic E-state index is -4.60. The maximum absolute atomic E-state index is 13.3. The molecule has 0 atom stereocenters. The minimum absolute atomic E-state index is 0.0529. The van der Waals surface area contributed by atoms with Gasteiger partial charge in [0.05, 0.1) is 24.2 Å². The fraction of sp³-hybridized carbons (Fsp3) is 0.324. The molecule has 0 radical (unpaired) electrons. The number of halogens is 4. The van der Waals surface area contributed by atoms with E-state index in [4.69, 9.17) is 25.5 Å². The second-order valence-corrected chi connectivity index (χ2v) is 12.6. The Morgan fingerprint density at radius 1 is 1.08 bits per heavy atom. The standard InChI is InChI=1S/C34H35ClF3N7O5/c1-33(2)19-40-29(47)24-6-8-25(9-7-24)41-31-42-30(43-32(44-31)50-21-34(36,37)38)39-17-23-4-10-27(26(35)16-23)49-14-3-13-45(20-33)28(46)11-5-22-12-15-48-18-22/h4-12,15-16,18H,3,13-14,17,19-21H2,1-2H3,(H,40,47)(H2,39,41,42,43,44). The van der Waals surface area contributed by atoms with Gasteiger partial charge in [0.2, 0.25) is 17.8 Å². The van der Waals surface area contributed by atoms with Crippen molar-refractivity contribution in [2.45, 2.75) is 33.0 Å². The Morgan fingerprint density at radius 2 is 1.86 bits per heavy atom. The van der Waals surface area contributed by atoms with Crippen LogP contribution in [0.25, 0.3) is 6.08 Å². The van der Waals surface area contributed by atoms with E-state index >= 15 is 0 Å². The molecule has 2 aromatic carbocycles. The van der Waals surface area contributed by atoms with Crippen molar-refractivity contribution in [2.75, 3.05) is 43.5 Å². The summed E-state index contributed by atoms with van der Waals surface area (Å²) in [6.07, 6.45) is 2.12. The van der Waals surface area contributed by atoms with Crippen LogP contribution < -0.4 is 25.4 Å². The summed E-state index contributed by atoms with van der Waals surface area (Å²) < 4.78 is 54.4. The van der Waals surface area contributed by atoms with E-state index in [0.717, 1.165) is 5.56 Å². The number of rotatable bonds is 4. The van der Waals surface area contributed by atoms with Gasteiger partial charge < -0.3 is 34.7 Å². The molecule has 4 aliphatic rings. The second kappa shape index (κ2) is 15.9. The van der Waals surface area contributed by atoms with Crippen LogP contribution in [0.3, 0.4) is 0 Å². The summed E-state index contributed by atoms with van der Waals surface area (Å²) >= 11 is 6.51. The smallest absolute Gasteiger partial charge is 0.422 e. The average molecular weight is 714 g/mol. The zero-order valence-electron chi connectivity index (χ0n) is 27.2. The lowest BCUT2D eigenvalue weighted by molar-refractivity contribution is -0.154. The Morgan fingerprint density at radius 3 is 2.58 bits per heavy atom. The first-order valence-electron chi connectivity index (χ1n) is 15.6. The fourth-order valence-corrected chi connectivity index (χ4v) is 5.09. The SMILES string of the molecule is CC1(C)CNC(=O)c2ccc(cc2)Nc2nc(nc(OCC(F)(F)F)n2)NCc2ccc(c(Cl)c2)OCCCN(C(=O)C=Cc2ccoc2)C1. The second-order valence-electron chi connectivity index (χ2n) is 12.2. The average Bonchev–Trinajstić information content (AvgIpc) is 3.60. The van der Waals surface area contributed by atoms with Gasteiger partial charge in [0, 0.05) is 49.1 Å². The molecule has 6 bridgehead atoms. The van der Waals surface area contributed by atoms with E-state index in [-0.39, 0.29) is 43.4 Å². The van der Waals surface area contributed by atoms with Crippen molar-refractivity contribution in [1.29, 1.82) is 0 Å². The molecule has 4 aromatic rings. The Balaban J connectivity index is 1.38. The van der Waals surface area contributed by atoms with Crippen molar-refractivity contribution in [1.82, 2.24) is 25.2 Å². The number of hydrogen-bond donors (Lipinski definition) is 3. The lowest BCUT2D eigenvalue weighted by atomic mass is 9.92. The number of benzene rings is 2. The van der Waals surface area contributed by atoms with Gasteiger partial charge in [-0.3, -0.25) is 9.59 Å². The number of ether oxygens (including phenoxy) is 2. The van der Waals surface area contributed by atoms with Crippen molar-refractivity contribution < 1.29 is 36.7 Å². The number of carbonyl (C=O) groups is 2. The van der Waals surface area contributed by atoms with Crippen LogP contribution in [0.5, 0.6) is 11.8 Å². The van der Waals surface area contributed by atoms with E-state index in [1.54, 1.807) is 59.5 Å². The molecule has 0 aliphatic carbocycles. The molecule has 3 N–H and O–H groups in total. The van der Waals surface area contributed by atoms with Gasteiger partial charge >= 0.3 is 12.2 Å². The highest BCUT2D eigenvalue weighted by molar-refractivity contribution is 6.32. The van der Waals surface area contributed by atoms with Crippen molar-refractivity contribution in [3.8, 4) is 11.8 Å². The first-order chi connectivity index (χ1) is 23.8. The molecule has 12 nitrogen and oxygen atoms in total. The zero-order chi connectivity index (χ0) is 35.7. The highest BCUT2D eigenvalue weighted by atomic mass is 35.5. The molecular weight excluding hydrogens is 679 g/mol. The first kappa shape index (κ1) is 36.0. The number of anilines is 3. The third kappa shape index (κ3) is 10.9. The summed E-state index contributed by atoms with van der Waals surface area (Å²) in [4.78, 5) is 40.3. The van der Waals surface area contributed by atoms with Gasteiger partial charge in [-0.25, -0.2) is 0 Å². The zero-order valence-corrected chi connectivity index (χ0v) is 28.0. The number of nitrogens with one attached hydrogen (secondary N) is 3. The summed E-state index contributed by atoms with van der Waals surface area (Å²) in [6, 6.07) is 12.7. The van der Waals surface area contributed by atoms with Gasteiger partial charge in [0.1, 0.15) is 5.75 Å². The number of furan rings is 1. The highest BCUT2D eigenvalue weighted by Gasteiger charge is 2.29. The lowest BCUT2D eigenvalue weighted by Gasteiger charge is -2.32. The number of carbonyl (C=O) groups excluding carboxylic acids is 2. The Hall–Kier alpha value is -5.31. The van der Waals surface area contributed by atoms with Gasteiger partial charge in [-0.15, -0.1) is 0 Å². The van der Waals surface area contributed by atoms with Crippen LogP contribution in [0.4, 0.5) is 30.8 Å². The van der Waals surface area contributed by atoms with Gasteiger partial charge in [-0.05, 0) is 65.9 Å². The van der Waals surface area contributed by atoms with Gasteiger partial charge in [-0.1, -0.05) is 31.5 Å². The van der Waals surface area contributed by atoms with Crippen molar-refractivity contribution in [3.63, 3.8) is 0 Å². The Labute approximate surface area is 291 Å². The molecule has 0 fully saturated rings. The molecule has 16 heteroatoms. The van der Waals surface area contributed by atoms with Crippen LogP contribution in [-0.4, -0.2) is 70.7 Å². The van der Waals surface area contributed by atoms with Gasteiger partial charge in [0.25, 0.3) is 5.91 Å². The minimum Gasteiger partial charge on any atom is -0.492 e. The number of alkyl halides is 3. The first-order valence-corrected chi connectivity index (χ1v) is 15.9. The molecule has 0 saturated carbocycles. The Bertz CT molecular complexity index is 1800. The number of hydrogen-bond acceptors (Lipinski definition) is 10. The predicted octanol–water partition coefficient (Wildman–Crippen LogP) is 6.50. The topological polar surface area (TPSA) is 144 Å². The predicted molar refractivity (Wildman–Crippen MR) is 180 cm³/mol. The van der Waals surface area contributed by atoms with Crippen LogP contribution in [0.2, 0.25) is 5.02 Å². The molecule has 264 valence electrons. The molecule has 8 rings (SSSR count). The maximum atomic E-state index is 13.3. The molecule has 0 unspecified atom stereocenters. The van der Waals surface area contributed by atoms with Crippen LogP contribution in [0.15, 0.2) is 71.6 Å². The normalized spacial score (nSPS) is 15.8. The lowest BCUT2D eigenvalue weighted by Crippen LogP contribution is -2.44. The van der Waals surface area contributed by atoms with E-state index in [1.807, 2.05) is 13.8 Å². The molecular formula is C34H35ClF3N7O5. The van der Waals surface area contributed by atoms with E-state index in [0.29, 0.717) is 47.1 Å². The molecule has 50 heavy (non-hydrogen) atoms. The molecule has 4 aliphatic heterocycles. The van der Waals surface area contributed by atoms with Crippen molar-refractivity contribution in [2.24, 2.45) is 5.41 Å². The van der Waals surface area contributed by atoms with Crippen LogP contribution in [0, 0.1) is 5.41 Å². The summed E-state index contributed by atoms with van der Waals surface area (Å²) in [7, 11) is 0. The molecule has 2 aromatic heterocycles. The summed E-state index contributed by atoms with van der Waals surface area (Å²) in [6.45, 7) is 3.72. The van der Waals surface area contributed by atoms with E-state index in [9.17, 15) is 22.8 Å². The van der Waals surface area contributed by atoms with E-state index in [1.165, 1.54) is 18.6 Å². The number of aromatic nitrogens is 3. The largest absolute Gasteiger partial charge is 0.492 e. The molecule has 6 heterocycles. The monoisotopic (exact) mass is 713 g/mol. The molecule has 2 amide bonds. The highest BCUT2D eigenvalue weighted by Crippen LogP contribution is 2.27. The van der Waals surface area contributed by atoms with Gasteiger partial charge in [-0.2, -0.15) is 28.1 Å². The summed E-state index contributed by atoms with van der Waals surface area (Å²) in [5, 5.41) is 9.14. The van der Waals surface area contributed by atoms with E-state index < -0.39 is 24.2 Å². The van der Waals surface area contributed by atoms with E-state index in [2.05, 4.69) is 30.9 Å². The number of nitrogens with zero attached hydrogens (tertiary/aromatic N) is 4. The van der Waals surface area contributed by atoms with Crippen molar-refractivity contribution >= 4 is 47.1 Å². The van der Waals surface area contributed by atoms with Crippen molar-refractivity contribution in [3.05, 3.63) is 88.8 Å². The van der Waals surface area contributed by atoms with Crippen LogP contribution in [-0.2, 0) is 11.3 Å². The summed E-state index contributed by atoms with van der Waals surface area (Å²) in [5.74, 6) is -0.239. The maximum Gasteiger partial charge on any atom is 0.422 e.